The first-order chi connectivity index (χ1) is 12.6. The molecule has 0 aliphatic rings. The second kappa shape index (κ2) is 6.89. The summed E-state index contributed by atoms with van der Waals surface area (Å²) in [6.07, 6.45) is 0. The van der Waals surface area contributed by atoms with Crippen LogP contribution in [0.25, 0.3) is 28.2 Å². The number of para-hydroxylation sites is 1. The summed E-state index contributed by atoms with van der Waals surface area (Å²) >= 11 is 4.72. The van der Waals surface area contributed by atoms with E-state index in [0.717, 1.165) is 10.6 Å². The molecule has 0 aliphatic heterocycles. The van der Waals surface area contributed by atoms with Crippen molar-refractivity contribution in [2.24, 2.45) is 0 Å². The van der Waals surface area contributed by atoms with E-state index in [1.54, 1.807) is 0 Å². The minimum Gasteiger partial charge on any atom is -0.308 e. The van der Waals surface area contributed by atoms with Crippen LogP contribution in [-0.4, -0.2) is 4.57 Å². The molecule has 1 nitrogen and oxygen atoms in total. The third-order valence-corrected chi connectivity index (χ3v) is 5.08. The molecule has 3 aromatic carbocycles. The van der Waals surface area contributed by atoms with Crippen LogP contribution in [0.5, 0.6) is 0 Å². The third kappa shape index (κ3) is 3.09. The van der Waals surface area contributed by atoms with Crippen molar-refractivity contribution < 1.29 is 0 Å². The first-order valence-electron chi connectivity index (χ1n) is 8.78. The minimum absolute atomic E-state index is 0.963. The van der Waals surface area contributed by atoms with Gasteiger partial charge in [-0.1, -0.05) is 71.8 Å². The minimum atomic E-state index is 0.963. The molecule has 0 amide bonds. The van der Waals surface area contributed by atoms with E-state index >= 15 is 0 Å². The number of thiol groups is 1. The summed E-state index contributed by atoms with van der Waals surface area (Å²) in [5.41, 5.74) is 8.35. The van der Waals surface area contributed by atoms with Gasteiger partial charge in [0.1, 0.15) is 0 Å². The van der Waals surface area contributed by atoms with Crippen LogP contribution in [-0.2, 0) is 0 Å². The largest absolute Gasteiger partial charge is 0.308 e. The Morgan fingerprint density at radius 3 is 1.50 bits per heavy atom. The average Bonchev–Trinajstić information content (AvgIpc) is 3.08. The van der Waals surface area contributed by atoms with E-state index in [9.17, 15) is 0 Å². The number of aryl methyl sites for hydroxylation is 2. The fourth-order valence-corrected chi connectivity index (χ4v) is 3.51. The molecule has 0 N–H and O–H groups in total. The number of hydrogen-bond acceptors (Lipinski definition) is 1. The van der Waals surface area contributed by atoms with Gasteiger partial charge in [0.25, 0.3) is 0 Å². The van der Waals surface area contributed by atoms with Gasteiger partial charge in [-0.15, -0.1) is 12.6 Å². The van der Waals surface area contributed by atoms with Crippen molar-refractivity contribution in [3.8, 4) is 28.2 Å². The molecule has 0 radical (unpaired) electrons. The maximum Gasteiger partial charge on any atom is 0.0595 e. The zero-order valence-corrected chi connectivity index (χ0v) is 15.9. The molecule has 4 aromatic rings. The Morgan fingerprint density at radius 1 is 0.577 bits per heavy atom. The van der Waals surface area contributed by atoms with Gasteiger partial charge in [0.05, 0.1) is 17.1 Å². The van der Waals surface area contributed by atoms with E-state index in [-0.39, 0.29) is 0 Å². The SMILES string of the molecule is Cc1ccc(-c2ccc(-c3ccc(C)cc3)n2-c2ccccc2S)cc1. The smallest absolute Gasteiger partial charge is 0.0595 e. The van der Waals surface area contributed by atoms with Gasteiger partial charge in [-0.05, 0) is 49.2 Å². The van der Waals surface area contributed by atoms with Crippen LogP contribution >= 0.6 is 12.6 Å². The van der Waals surface area contributed by atoms with Crippen molar-refractivity contribution >= 4 is 12.6 Å². The normalized spacial score (nSPS) is 10.9. The average molecular weight is 356 g/mol. The van der Waals surface area contributed by atoms with Crippen LogP contribution in [0.4, 0.5) is 0 Å². The number of hydrogen-bond donors (Lipinski definition) is 1. The van der Waals surface area contributed by atoms with Crippen LogP contribution in [0.3, 0.4) is 0 Å². The lowest BCUT2D eigenvalue weighted by atomic mass is 10.1. The Balaban J connectivity index is 1.97. The van der Waals surface area contributed by atoms with Gasteiger partial charge in [0.15, 0.2) is 0 Å². The van der Waals surface area contributed by atoms with Crippen molar-refractivity contribution in [2.45, 2.75) is 18.7 Å². The second-order valence-corrected chi connectivity index (χ2v) is 7.14. The third-order valence-electron chi connectivity index (χ3n) is 4.70. The number of nitrogens with zero attached hydrogens (tertiary/aromatic N) is 1. The van der Waals surface area contributed by atoms with E-state index in [4.69, 9.17) is 12.6 Å². The molecule has 1 heterocycles. The highest BCUT2D eigenvalue weighted by molar-refractivity contribution is 7.80. The maximum atomic E-state index is 4.72. The van der Waals surface area contributed by atoms with Crippen molar-refractivity contribution in [3.05, 3.63) is 96.1 Å². The van der Waals surface area contributed by atoms with E-state index in [2.05, 4.69) is 91.2 Å². The predicted molar refractivity (Wildman–Crippen MR) is 113 cm³/mol. The van der Waals surface area contributed by atoms with Crippen LogP contribution < -0.4 is 0 Å². The number of aromatic nitrogens is 1. The molecule has 0 atom stereocenters. The van der Waals surface area contributed by atoms with E-state index in [1.807, 2.05) is 12.1 Å². The summed E-state index contributed by atoms with van der Waals surface area (Å²) in [5.74, 6) is 0. The first-order valence-corrected chi connectivity index (χ1v) is 9.22. The van der Waals surface area contributed by atoms with E-state index in [1.165, 1.54) is 33.6 Å². The van der Waals surface area contributed by atoms with Gasteiger partial charge in [-0.3, -0.25) is 0 Å². The van der Waals surface area contributed by atoms with Crippen molar-refractivity contribution in [3.63, 3.8) is 0 Å². The van der Waals surface area contributed by atoms with Crippen molar-refractivity contribution in [1.29, 1.82) is 0 Å². The highest BCUT2D eigenvalue weighted by atomic mass is 32.1. The van der Waals surface area contributed by atoms with Crippen LogP contribution in [0.1, 0.15) is 11.1 Å². The molecule has 0 aliphatic carbocycles. The predicted octanol–water partition coefficient (Wildman–Crippen LogP) is 6.72. The molecule has 128 valence electrons. The molecule has 0 saturated carbocycles. The van der Waals surface area contributed by atoms with Crippen LogP contribution in [0.2, 0.25) is 0 Å². The maximum absolute atomic E-state index is 4.72. The standard InChI is InChI=1S/C24H21NS/c1-17-7-11-19(12-8-17)21-15-16-22(20-13-9-18(2)10-14-20)25(21)23-5-3-4-6-24(23)26/h3-16,26H,1-2H3. The summed E-state index contributed by atoms with van der Waals surface area (Å²) < 4.78 is 2.30. The highest BCUT2D eigenvalue weighted by Gasteiger charge is 2.15. The second-order valence-electron chi connectivity index (χ2n) is 6.66. The topological polar surface area (TPSA) is 4.93 Å². The molecular weight excluding hydrogens is 334 g/mol. The lowest BCUT2D eigenvalue weighted by Gasteiger charge is -2.16. The fraction of sp³-hybridized carbons (Fsp3) is 0.0833. The summed E-state index contributed by atoms with van der Waals surface area (Å²) in [4.78, 5) is 0.963. The monoisotopic (exact) mass is 355 g/mol. The van der Waals surface area contributed by atoms with E-state index in [0.29, 0.717) is 0 Å². The first kappa shape index (κ1) is 16.7. The van der Waals surface area contributed by atoms with E-state index < -0.39 is 0 Å². The quantitative estimate of drug-likeness (QED) is 0.389. The van der Waals surface area contributed by atoms with Crippen molar-refractivity contribution in [2.75, 3.05) is 0 Å². The number of rotatable bonds is 3. The van der Waals surface area contributed by atoms with Gasteiger partial charge in [-0.25, -0.2) is 0 Å². The molecule has 0 bridgehead atoms. The molecule has 4 rings (SSSR count). The van der Waals surface area contributed by atoms with Gasteiger partial charge in [0, 0.05) is 4.90 Å². The van der Waals surface area contributed by atoms with Crippen LogP contribution in [0, 0.1) is 13.8 Å². The summed E-state index contributed by atoms with van der Waals surface area (Å²) in [6.45, 7) is 4.23. The van der Waals surface area contributed by atoms with Gasteiger partial charge < -0.3 is 4.57 Å². The molecule has 0 fully saturated rings. The van der Waals surface area contributed by atoms with Crippen molar-refractivity contribution in [1.82, 2.24) is 4.57 Å². The lowest BCUT2D eigenvalue weighted by Crippen LogP contribution is -2.00. The summed E-state index contributed by atoms with van der Waals surface area (Å²) in [6, 6.07) is 30.0. The molecule has 0 saturated heterocycles. The Bertz CT molecular complexity index is 978. The Labute approximate surface area is 160 Å². The molecule has 1 aromatic heterocycles. The highest BCUT2D eigenvalue weighted by Crippen LogP contribution is 2.34. The zero-order valence-electron chi connectivity index (χ0n) is 15.0. The molecule has 0 spiro atoms. The molecular formula is C24H21NS. The van der Waals surface area contributed by atoms with Gasteiger partial charge >= 0.3 is 0 Å². The summed E-state index contributed by atoms with van der Waals surface area (Å²) in [7, 11) is 0. The molecule has 0 unspecified atom stereocenters. The lowest BCUT2D eigenvalue weighted by molar-refractivity contribution is 1.06. The van der Waals surface area contributed by atoms with Gasteiger partial charge in [-0.2, -0.15) is 0 Å². The molecule has 26 heavy (non-hydrogen) atoms. The van der Waals surface area contributed by atoms with Gasteiger partial charge in [0.2, 0.25) is 0 Å². The summed E-state index contributed by atoms with van der Waals surface area (Å²) in [5, 5.41) is 0. The molecule has 2 heteroatoms. The fourth-order valence-electron chi connectivity index (χ4n) is 3.25. The zero-order chi connectivity index (χ0) is 18.1. The Kier molecular flexibility index (Phi) is 4.44. The Morgan fingerprint density at radius 2 is 1.04 bits per heavy atom. The number of benzene rings is 3. The van der Waals surface area contributed by atoms with Crippen LogP contribution in [0.15, 0.2) is 89.8 Å². The Hall–Kier alpha value is -2.71.